The Labute approximate surface area is 77.7 Å². The summed E-state index contributed by atoms with van der Waals surface area (Å²) in [6.07, 6.45) is 1.00. The molecule has 4 N–H and O–H groups in total. The van der Waals surface area contributed by atoms with E-state index in [1.54, 1.807) is 4.90 Å². The molecule has 1 fully saturated rings. The molecular weight excluding hydrogens is 171 g/mol. The van der Waals surface area contributed by atoms with Gasteiger partial charge in [0.1, 0.15) is 0 Å². The molecule has 74 valence electrons. The lowest BCUT2D eigenvalue weighted by molar-refractivity contribution is -0.129. The van der Waals surface area contributed by atoms with Crippen molar-refractivity contribution in [1.82, 2.24) is 4.90 Å². The number of likely N-dealkylation sites (tertiary alicyclic amines) is 1. The molecule has 1 heterocycles. The monoisotopic (exact) mass is 186 g/mol. The van der Waals surface area contributed by atoms with Gasteiger partial charge in [0.05, 0.1) is 0 Å². The van der Waals surface area contributed by atoms with Crippen LogP contribution in [0.4, 0.5) is 0 Å². The van der Waals surface area contributed by atoms with Crippen molar-refractivity contribution in [1.29, 1.82) is 0 Å². The average Bonchev–Trinajstić information content (AvgIpc) is 2.52. The standard InChI is InChI=1S/C7H15BN2O3/c9-3-1-7(11)10-4-2-6(5-10)8(12)13/h6,12-13H,1-5,9H2. The van der Waals surface area contributed by atoms with Gasteiger partial charge in [-0.1, -0.05) is 0 Å². The van der Waals surface area contributed by atoms with E-state index in [2.05, 4.69) is 0 Å². The second-order valence-corrected chi connectivity index (χ2v) is 3.34. The zero-order chi connectivity index (χ0) is 9.84. The zero-order valence-electron chi connectivity index (χ0n) is 7.52. The summed E-state index contributed by atoms with van der Waals surface area (Å²) in [7, 11) is -1.31. The first-order chi connectivity index (χ1) is 6.15. The van der Waals surface area contributed by atoms with Gasteiger partial charge in [0.2, 0.25) is 5.91 Å². The Balaban J connectivity index is 2.36. The SMILES string of the molecule is NCCC(=O)N1CCC(B(O)O)C1. The van der Waals surface area contributed by atoms with E-state index in [0.717, 1.165) is 0 Å². The van der Waals surface area contributed by atoms with Crippen LogP contribution in [0.3, 0.4) is 0 Å². The molecule has 1 aliphatic heterocycles. The fourth-order valence-corrected chi connectivity index (χ4v) is 1.54. The second-order valence-electron chi connectivity index (χ2n) is 3.34. The first-order valence-electron chi connectivity index (χ1n) is 4.49. The molecule has 0 saturated carbocycles. The van der Waals surface area contributed by atoms with Gasteiger partial charge in [0.25, 0.3) is 0 Å². The summed E-state index contributed by atoms with van der Waals surface area (Å²) in [5.41, 5.74) is 5.25. The molecule has 0 spiro atoms. The molecule has 1 amide bonds. The highest BCUT2D eigenvalue weighted by atomic mass is 16.4. The number of nitrogens with zero attached hydrogens (tertiary/aromatic N) is 1. The van der Waals surface area contributed by atoms with Gasteiger partial charge in [-0.3, -0.25) is 4.79 Å². The molecule has 6 heteroatoms. The van der Waals surface area contributed by atoms with Gasteiger partial charge in [-0.15, -0.1) is 0 Å². The average molecular weight is 186 g/mol. The Morgan fingerprint density at radius 3 is 2.77 bits per heavy atom. The van der Waals surface area contributed by atoms with Crippen molar-refractivity contribution >= 4 is 13.0 Å². The van der Waals surface area contributed by atoms with Crippen LogP contribution in [0.5, 0.6) is 0 Å². The van der Waals surface area contributed by atoms with Crippen molar-refractivity contribution in [3.05, 3.63) is 0 Å². The van der Waals surface area contributed by atoms with Crippen LogP contribution in [0.1, 0.15) is 12.8 Å². The summed E-state index contributed by atoms with van der Waals surface area (Å²) >= 11 is 0. The van der Waals surface area contributed by atoms with Crippen LogP contribution < -0.4 is 5.73 Å². The number of hydrogen-bond donors (Lipinski definition) is 3. The van der Waals surface area contributed by atoms with Gasteiger partial charge in [0.15, 0.2) is 0 Å². The Hall–Kier alpha value is -0.585. The lowest BCUT2D eigenvalue weighted by atomic mass is 9.72. The molecular formula is C7H15BN2O3. The quantitative estimate of drug-likeness (QED) is 0.464. The molecule has 1 rings (SSSR count). The molecule has 0 bridgehead atoms. The van der Waals surface area contributed by atoms with Crippen molar-refractivity contribution in [2.24, 2.45) is 5.73 Å². The topological polar surface area (TPSA) is 86.8 Å². The van der Waals surface area contributed by atoms with E-state index in [1.807, 2.05) is 0 Å². The van der Waals surface area contributed by atoms with E-state index in [0.29, 0.717) is 32.5 Å². The van der Waals surface area contributed by atoms with E-state index in [9.17, 15) is 4.79 Å². The van der Waals surface area contributed by atoms with E-state index in [1.165, 1.54) is 0 Å². The van der Waals surface area contributed by atoms with Gasteiger partial charge < -0.3 is 20.7 Å². The summed E-state index contributed by atoms with van der Waals surface area (Å²) in [6.45, 7) is 1.40. The van der Waals surface area contributed by atoms with Crippen molar-refractivity contribution in [2.45, 2.75) is 18.7 Å². The van der Waals surface area contributed by atoms with Crippen LogP contribution in [-0.4, -0.2) is 47.6 Å². The van der Waals surface area contributed by atoms with Crippen molar-refractivity contribution < 1.29 is 14.8 Å². The molecule has 1 saturated heterocycles. The molecule has 1 aliphatic rings. The number of hydrogen-bond acceptors (Lipinski definition) is 4. The lowest BCUT2D eigenvalue weighted by Crippen LogP contribution is -2.31. The highest BCUT2D eigenvalue weighted by Crippen LogP contribution is 2.22. The molecule has 0 aliphatic carbocycles. The first kappa shape index (κ1) is 10.5. The number of carbonyl (C=O) groups is 1. The Bertz CT molecular complexity index is 189. The third-order valence-corrected chi connectivity index (χ3v) is 2.36. The zero-order valence-corrected chi connectivity index (χ0v) is 7.52. The molecule has 1 atom stereocenters. The van der Waals surface area contributed by atoms with E-state index < -0.39 is 7.12 Å². The minimum absolute atomic E-state index is 0.00523. The minimum Gasteiger partial charge on any atom is -0.427 e. The lowest BCUT2D eigenvalue weighted by Gasteiger charge is -2.15. The van der Waals surface area contributed by atoms with Gasteiger partial charge in [-0.2, -0.15) is 0 Å². The van der Waals surface area contributed by atoms with Crippen LogP contribution in [0.15, 0.2) is 0 Å². The number of carbonyl (C=O) groups excluding carboxylic acids is 1. The maximum atomic E-state index is 11.3. The van der Waals surface area contributed by atoms with Crippen LogP contribution in [0, 0.1) is 0 Å². The smallest absolute Gasteiger partial charge is 0.427 e. The number of nitrogens with two attached hydrogens (primary N) is 1. The van der Waals surface area contributed by atoms with Gasteiger partial charge in [-0.05, 0) is 6.42 Å². The number of amides is 1. The van der Waals surface area contributed by atoms with Crippen LogP contribution in [0.2, 0.25) is 5.82 Å². The van der Waals surface area contributed by atoms with Crippen LogP contribution in [0.25, 0.3) is 0 Å². The molecule has 0 aromatic carbocycles. The molecule has 0 aromatic heterocycles. The fraction of sp³-hybridized carbons (Fsp3) is 0.857. The molecule has 0 radical (unpaired) electrons. The highest BCUT2D eigenvalue weighted by Gasteiger charge is 2.32. The van der Waals surface area contributed by atoms with Crippen molar-refractivity contribution in [3.63, 3.8) is 0 Å². The van der Waals surface area contributed by atoms with Gasteiger partial charge >= 0.3 is 7.12 Å². The maximum absolute atomic E-state index is 11.3. The van der Waals surface area contributed by atoms with Crippen LogP contribution >= 0.6 is 0 Å². The third-order valence-electron chi connectivity index (χ3n) is 2.36. The predicted molar refractivity (Wildman–Crippen MR) is 48.8 cm³/mol. The third kappa shape index (κ3) is 2.68. The van der Waals surface area contributed by atoms with E-state index in [4.69, 9.17) is 15.8 Å². The molecule has 13 heavy (non-hydrogen) atoms. The summed E-state index contributed by atoms with van der Waals surface area (Å²) in [5.74, 6) is -0.188. The number of rotatable bonds is 3. The highest BCUT2D eigenvalue weighted by molar-refractivity contribution is 6.43. The largest absolute Gasteiger partial charge is 0.456 e. The maximum Gasteiger partial charge on any atom is 0.456 e. The normalized spacial score (nSPS) is 22.1. The molecule has 1 unspecified atom stereocenters. The second kappa shape index (κ2) is 4.60. The summed E-state index contributed by atoms with van der Waals surface area (Å²) < 4.78 is 0. The van der Waals surface area contributed by atoms with Crippen molar-refractivity contribution in [2.75, 3.05) is 19.6 Å². The van der Waals surface area contributed by atoms with E-state index >= 15 is 0 Å². The molecule has 5 nitrogen and oxygen atoms in total. The minimum atomic E-state index is -1.31. The summed E-state index contributed by atoms with van der Waals surface area (Å²) in [4.78, 5) is 12.9. The molecule has 0 aromatic rings. The van der Waals surface area contributed by atoms with Gasteiger partial charge in [0, 0.05) is 31.9 Å². The van der Waals surface area contributed by atoms with Crippen molar-refractivity contribution in [3.8, 4) is 0 Å². The van der Waals surface area contributed by atoms with Gasteiger partial charge in [-0.25, -0.2) is 0 Å². The summed E-state index contributed by atoms with van der Waals surface area (Å²) in [6, 6.07) is 0. The fourth-order valence-electron chi connectivity index (χ4n) is 1.54. The Morgan fingerprint density at radius 1 is 1.62 bits per heavy atom. The van der Waals surface area contributed by atoms with E-state index in [-0.39, 0.29) is 11.7 Å². The first-order valence-corrected chi connectivity index (χ1v) is 4.49. The van der Waals surface area contributed by atoms with Crippen LogP contribution in [-0.2, 0) is 4.79 Å². The predicted octanol–water partition coefficient (Wildman–Crippen LogP) is -1.59. The Morgan fingerprint density at radius 2 is 2.31 bits per heavy atom. The Kier molecular flexibility index (Phi) is 3.71. The summed E-state index contributed by atoms with van der Waals surface area (Å²) in [5, 5.41) is 17.7.